The van der Waals surface area contributed by atoms with Crippen molar-refractivity contribution in [3.8, 4) is 0 Å². The molecule has 0 bridgehead atoms. The van der Waals surface area contributed by atoms with E-state index in [0.717, 1.165) is 0 Å². The molecular weight excluding hydrogens is 177 g/mol. The molecule has 0 radical (unpaired) electrons. The number of hydrogen-bond acceptors (Lipinski definition) is 2. The summed E-state index contributed by atoms with van der Waals surface area (Å²) < 4.78 is 0.0386. The van der Waals surface area contributed by atoms with E-state index in [4.69, 9.17) is 34.0 Å². The Bertz CT molecular complexity index is 154. The van der Waals surface area contributed by atoms with Crippen LogP contribution in [0, 0.1) is 0 Å². The number of rotatable bonds is 3. The Labute approximate surface area is 68.4 Å². The van der Waals surface area contributed by atoms with E-state index in [1.54, 1.807) is 0 Å². The van der Waals surface area contributed by atoms with Crippen molar-refractivity contribution in [2.75, 3.05) is 0 Å². The predicted molar refractivity (Wildman–Crippen MR) is 40.0 cm³/mol. The summed E-state index contributed by atoms with van der Waals surface area (Å²) in [5.74, 6) is -1.06. The number of halogens is 2. The summed E-state index contributed by atoms with van der Waals surface area (Å²) >= 11 is 10.4. The van der Waals surface area contributed by atoms with Gasteiger partial charge in [-0.25, -0.2) is 0 Å². The normalized spacial score (nSPS) is 12.3. The Kier molecular flexibility index (Phi) is 4.43. The van der Waals surface area contributed by atoms with Crippen LogP contribution in [0.5, 0.6) is 0 Å². The first-order chi connectivity index (χ1) is 4.54. The Morgan fingerprint density at radius 3 is 2.50 bits per heavy atom. The van der Waals surface area contributed by atoms with Crippen LogP contribution >= 0.6 is 23.2 Å². The lowest BCUT2D eigenvalue weighted by Gasteiger charge is -1.99. The molecular formula is C5H7Cl2NO2. The molecule has 0 aliphatic heterocycles. The fraction of sp³-hybridized carbons (Fsp3) is 0.400. The van der Waals surface area contributed by atoms with Gasteiger partial charge in [-0.3, -0.25) is 4.79 Å². The first-order valence-electron chi connectivity index (χ1n) is 2.53. The minimum absolute atomic E-state index is 0.0386. The largest absolute Gasteiger partial charge is 0.480 e. The Balaban J connectivity index is 3.70. The second-order valence-electron chi connectivity index (χ2n) is 1.67. The van der Waals surface area contributed by atoms with Crippen molar-refractivity contribution < 1.29 is 9.90 Å². The summed E-state index contributed by atoms with van der Waals surface area (Å²) in [6.45, 7) is 0. The molecule has 0 amide bonds. The Morgan fingerprint density at radius 1 is 1.70 bits per heavy atom. The van der Waals surface area contributed by atoms with Gasteiger partial charge in [0, 0.05) is 0 Å². The van der Waals surface area contributed by atoms with E-state index in [1.165, 1.54) is 6.08 Å². The van der Waals surface area contributed by atoms with Crippen LogP contribution in [-0.4, -0.2) is 17.1 Å². The summed E-state index contributed by atoms with van der Waals surface area (Å²) in [4.78, 5) is 10.1. The summed E-state index contributed by atoms with van der Waals surface area (Å²) in [7, 11) is 0. The van der Waals surface area contributed by atoms with Crippen molar-refractivity contribution in [2.45, 2.75) is 12.5 Å². The van der Waals surface area contributed by atoms with Crippen molar-refractivity contribution in [3.63, 3.8) is 0 Å². The Morgan fingerprint density at radius 2 is 2.20 bits per heavy atom. The van der Waals surface area contributed by atoms with E-state index in [-0.39, 0.29) is 10.9 Å². The molecule has 0 aromatic carbocycles. The van der Waals surface area contributed by atoms with Gasteiger partial charge in [-0.1, -0.05) is 29.3 Å². The van der Waals surface area contributed by atoms with E-state index in [9.17, 15) is 4.79 Å². The third-order valence-corrected chi connectivity index (χ3v) is 1.15. The molecule has 0 unspecified atom stereocenters. The smallest absolute Gasteiger partial charge is 0.320 e. The van der Waals surface area contributed by atoms with Crippen molar-refractivity contribution in [1.29, 1.82) is 0 Å². The van der Waals surface area contributed by atoms with Gasteiger partial charge in [0.15, 0.2) is 0 Å². The van der Waals surface area contributed by atoms with Crippen molar-refractivity contribution >= 4 is 29.2 Å². The molecule has 0 aromatic rings. The second-order valence-corrected chi connectivity index (χ2v) is 2.68. The molecule has 0 saturated heterocycles. The predicted octanol–water partition coefficient (Wildman–Crippen LogP) is 1.11. The van der Waals surface area contributed by atoms with Crippen LogP contribution in [0.25, 0.3) is 0 Å². The topological polar surface area (TPSA) is 63.3 Å². The standard InChI is InChI=1S/C5H7Cl2NO2/c6-4(7)2-1-3(8)5(9)10/h2-3H,1,8H2,(H,9,10)/t3-/m1/s1. The summed E-state index contributed by atoms with van der Waals surface area (Å²) in [5.41, 5.74) is 5.10. The molecule has 0 aliphatic rings. The number of aliphatic carboxylic acids is 1. The average Bonchev–Trinajstić information content (AvgIpc) is 1.82. The molecule has 0 spiro atoms. The number of carbonyl (C=O) groups is 1. The van der Waals surface area contributed by atoms with E-state index in [2.05, 4.69) is 0 Å². The highest BCUT2D eigenvalue weighted by Gasteiger charge is 2.08. The van der Waals surface area contributed by atoms with Crippen molar-refractivity contribution in [1.82, 2.24) is 0 Å². The van der Waals surface area contributed by atoms with Crippen LogP contribution in [0.15, 0.2) is 10.6 Å². The molecule has 1 atom stereocenters. The Hall–Kier alpha value is -0.250. The van der Waals surface area contributed by atoms with E-state index < -0.39 is 12.0 Å². The lowest BCUT2D eigenvalue weighted by atomic mass is 10.2. The maximum absolute atomic E-state index is 10.1. The molecule has 5 heteroatoms. The van der Waals surface area contributed by atoms with Gasteiger partial charge in [0.25, 0.3) is 0 Å². The molecule has 0 saturated carbocycles. The van der Waals surface area contributed by atoms with Crippen LogP contribution < -0.4 is 5.73 Å². The maximum Gasteiger partial charge on any atom is 0.320 e. The first-order valence-corrected chi connectivity index (χ1v) is 3.29. The molecule has 0 aliphatic carbocycles. The van der Waals surface area contributed by atoms with Gasteiger partial charge >= 0.3 is 5.97 Å². The third kappa shape index (κ3) is 4.61. The minimum atomic E-state index is -1.06. The van der Waals surface area contributed by atoms with Crippen LogP contribution in [0.2, 0.25) is 0 Å². The molecule has 0 aromatic heterocycles. The quantitative estimate of drug-likeness (QED) is 0.690. The lowest BCUT2D eigenvalue weighted by Crippen LogP contribution is -2.29. The van der Waals surface area contributed by atoms with Gasteiger partial charge in [-0.2, -0.15) is 0 Å². The molecule has 10 heavy (non-hydrogen) atoms. The van der Waals surface area contributed by atoms with Gasteiger partial charge in [-0.15, -0.1) is 0 Å². The molecule has 3 nitrogen and oxygen atoms in total. The van der Waals surface area contributed by atoms with Gasteiger partial charge in [0.1, 0.15) is 10.5 Å². The number of carboxylic acids is 1. The van der Waals surface area contributed by atoms with Crippen LogP contribution in [0.4, 0.5) is 0 Å². The minimum Gasteiger partial charge on any atom is -0.480 e. The SMILES string of the molecule is N[C@H](CC=C(Cl)Cl)C(=O)O. The second kappa shape index (κ2) is 4.55. The molecule has 0 rings (SSSR count). The molecule has 0 fully saturated rings. The fourth-order valence-corrected chi connectivity index (χ4v) is 0.495. The number of carboxylic acid groups (broad SMARTS) is 1. The highest BCUT2D eigenvalue weighted by atomic mass is 35.5. The van der Waals surface area contributed by atoms with E-state index >= 15 is 0 Å². The number of hydrogen-bond donors (Lipinski definition) is 2. The van der Waals surface area contributed by atoms with Gasteiger partial charge < -0.3 is 10.8 Å². The maximum atomic E-state index is 10.1. The van der Waals surface area contributed by atoms with Gasteiger partial charge in [0.05, 0.1) is 0 Å². The van der Waals surface area contributed by atoms with Crippen molar-refractivity contribution in [3.05, 3.63) is 10.6 Å². The summed E-state index contributed by atoms with van der Waals surface area (Å²) in [6.07, 6.45) is 1.50. The highest BCUT2D eigenvalue weighted by Crippen LogP contribution is 2.07. The van der Waals surface area contributed by atoms with Gasteiger partial charge in [-0.05, 0) is 6.42 Å². The van der Waals surface area contributed by atoms with E-state index in [1.807, 2.05) is 0 Å². The van der Waals surface area contributed by atoms with E-state index in [0.29, 0.717) is 0 Å². The fourth-order valence-electron chi connectivity index (χ4n) is 0.317. The van der Waals surface area contributed by atoms with Crippen LogP contribution in [0.1, 0.15) is 6.42 Å². The zero-order valence-electron chi connectivity index (χ0n) is 5.05. The molecule has 0 heterocycles. The van der Waals surface area contributed by atoms with Crippen LogP contribution in [-0.2, 0) is 4.79 Å². The average molecular weight is 184 g/mol. The molecule has 58 valence electrons. The zero-order valence-corrected chi connectivity index (χ0v) is 6.56. The third-order valence-electron chi connectivity index (χ3n) is 0.843. The highest BCUT2D eigenvalue weighted by molar-refractivity contribution is 6.55. The van der Waals surface area contributed by atoms with Crippen LogP contribution in [0.3, 0.4) is 0 Å². The summed E-state index contributed by atoms with van der Waals surface area (Å²) in [5, 5.41) is 8.25. The monoisotopic (exact) mass is 183 g/mol. The summed E-state index contributed by atoms with van der Waals surface area (Å²) in [6, 6.07) is -0.924. The number of nitrogens with two attached hydrogens (primary N) is 1. The molecule has 3 N–H and O–H groups in total. The van der Waals surface area contributed by atoms with Gasteiger partial charge in [0.2, 0.25) is 0 Å². The first kappa shape index (κ1) is 9.75. The van der Waals surface area contributed by atoms with Crippen molar-refractivity contribution in [2.24, 2.45) is 5.73 Å². The lowest BCUT2D eigenvalue weighted by molar-refractivity contribution is -0.138. The zero-order chi connectivity index (χ0) is 8.15.